The quantitative estimate of drug-likeness (QED) is 0.585. The van der Waals surface area contributed by atoms with Crippen LogP contribution in [0.3, 0.4) is 0 Å². The van der Waals surface area contributed by atoms with E-state index in [4.69, 9.17) is 9.72 Å². The number of rotatable bonds is 8. The van der Waals surface area contributed by atoms with Gasteiger partial charge in [-0.25, -0.2) is 9.78 Å². The Kier molecular flexibility index (Phi) is 6.44. The molecule has 3 saturated carbocycles. The number of aryl methyl sites for hydroxylation is 1. The molecular weight excluding hydrogens is 438 g/mol. The number of carbonyl (C=O) groups is 2. The average molecular weight is 474 g/mol. The number of nitrogens with one attached hydrogen (secondary N) is 1. The highest BCUT2D eigenvalue weighted by molar-refractivity contribution is 5.86. The molecule has 3 fully saturated rings. The van der Waals surface area contributed by atoms with Crippen molar-refractivity contribution >= 4 is 23.0 Å². The molecule has 3 aliphatic carbocycles. The molecule has 34 heavy (non-hydrogen) atoms. The molecule has 2 heterocycles. The van der Waals surface area contributed by atoms with Crippen LogP contribution in [0.25, 0.3) is 11.2 Å². The number of carbonyl (C=O) groups excluding carboxylic acids is 2. The van der Waals surface area contributed by atoms with Crippen molar-refractivity contribution in [3.05, 3.63) is 26.7 Å². The maximum atomic E-state index is 13.2. The molecule has 0 unspecified atom stereocenters. The molecule has 0 spiro atoms. The Hall–Kier alpha value is -2.91. The Morgan fingerprint density at radius 1 is 1.03 bits per heavy atom. The minimum Gasteiger partial charge on any atom is -0.468 e. The lowest BCUT2D eigenvalue weighted by Gasteiger charge is -2.52. The molecule has 0 radical (unpaired) electrons. The van der Waals surface area contributed by atoms with Gasteiger partial charge in [-0.15, -0.1) is 0 Å². The highest BCUT2D eigenvalue weighted by Gasteiger charge is 2.55. The normalized spacial score (nSPS) is 23.9. The van der Waals surface area contributed by atoms with Gasteiger partial charge >= 0.3 is 11.7 Å². The number of hydrogen-bond donors (Lipinski definition) is 1. The molecule has 0 aromatic carbocycles. The lowest BCUT2D eigenvalue weighted by Crippen LogP contribution is -2.53. The Labute approximate surface area is 198 Å². The first-order valence-electron chi connectivity index (χ1n) is 12.3. The van der Waals surface area contributed by atoms with E-state index in [0.29, 0.717) is 49.9 Å². The van der Waals surface area contributed by atoms with Crippen LogP contribution in [-0.2, 0) is 32.8 Å². The number of aromatic nitrogens is 4. The number of nitrogens with zero attached hydrogens (tertiary/aromatic N) is 4. The van der Waals surface area contributed by atoms with E-state index < -0.39 is 11.4 Å². The molecule has 2 aromatic rings. The molecule has 0 aliphatic heterocycles. The third-order valence-corrected chi connectivity index (χ3v) is 7.90. The fraction of sp³-hybridized carbons (Fsp3) is 0.708. The summed E-state index contributed by atoms with van der Waals surface area (Å²) < 4.78 is 7.63. The zero-order chi connectivity index (χ0) is 24.7. The predicted molar refractivity (Wildman–Crippen MR) is 127 cm³/mol. The number of likely N-dealkylation sites (N-methyl/N-ethyl adjacent to an activating group) is 1. The number of esters is 1. The average Bonchev–Trinajstić information content (AvgIpc) is 3.31. The molecule has 5 rings (SSSR count). The van der Waals surface area contributed by atoms with Gasteiger partial charge in [0.05, 0.1) is 7.11 Å². The number of fused-ring (bicyclic) bond motifs is 4. The summed E-state index contributed by atoms with van der Waals surface area (Å²) in [6.45, 7) is 4.76. The SMILES string of the molecule is CCCn1c(=O)c2[nH]c(C34CCC(C(=O)N(C)CC(=O)OC)(CC3)CC4)nc2n(CCC)c1=O. The number of aromatic amines is 1. The Morgan fingerprint density at radius 3 is 2.18 bits per heavy atom. The fourth-order valence-corrected chi connectivity index (χ4v) is 5.86. The van der Waals surface area contributed by atoms with E-state index in [9.17, 15) is 19.2 Å². The Balaban J connectivity index is 1.66. The van der Waals surface area contributed by atoms with Crippen molar-refractivity contribution in [1.82, 2.24) is 24.0 Å². The first-order chi connectivity index (χ1) is 16.2. The van der Waals surface area contributed by atoms with E-state index in [0.717, 1.165) is 31.5 Å². The molecule has 3 aliphatic rings. The van der Waals surface area contributed by atoms with Crippen LogP contribution in [0.4, 0.5) is 0 Å². The van der Waals surface area contributed by atoms with E-state index in [1.165, 1.54) is 16.6 Å². The van der Waals surface area contributed by atoms with E-state index in [1.807, 2.05) is 13.8 Å². The van der Waals surface area contributed by atoms with Crippen molar-refractivity contribution in [2.45, 2.75) is 83.7 Å². The predicted octanol–water partition coefficient (Wildman–Crippen LogP) is 1.93. The summed E-state index contributed by atoms with van der Waals surface area (Å²) in [5, 5.41) is 0. The van der Waals surface area contributed by atoms with Gasteiger partial charge in [-0.05, 0) is 51.4 Å². The summed E-state index contributed by atoms with van der Waals surface area (Å²) in [5.41, 5.74) is -0.495. The van der Waals surface area contributed by atoms with Crippen molar-refractivity contribution < 1.29 is 14.3 Å². The van der Waals surface area contributed by atoms with Gasteiger partial charge < -0.3 is 14.6 Å². The second kappa shape index (κ2) is 9.03. The lowest BCUT2D eigenvalue weighted by molar-refractivity contribution is -0.154. The molecule has 0 atom stereocenters. The van der Waals surface area contributed by atoms with Gasteiger partial charge in [0, 0.05) is 31.0 Å². The third kappa shape index (κ3) is 3.76. The Morgan fingerprint density at radius 2 is 1.62 bits per heavy atom. The first-order valence-corrected chi connectivity index (χ1v) is 12.3. The summed E-state index contributed by atoms with van der Waals surface area (Å²) in [7, 11) is 2.97. The van der Waals surface area contributed by atoms with Gasteiger partial charge in [0.25, 0.3) is 5.56 Å². The van der Waals surface area contributed by atoms with Crippen molar-refractivity contribution in [1.29, 1.82) is 0 Å². The monoisotopic (exact) mass is 473 g/mol. The second-order valence-corrected chi connectivity index (χ2v) is 9.97. The van der Waals surface area contributed by atoms with Crippen molar-refractivity contribution in [2.24, 2.45) is 5.41 Å². The van der Waals surface area contributed by atoms with Gasteiger partial charge in [0.2, 0.25) is 5.91 Å². The summed E-state index contributed by atoms with van der Waals surface area (Å²) in [5.74, 6) is 0.319. The van der Waals surface area contributed by atoms with Crippen LogP contribution in [0.5, 0.6) is 0 Å². The smallest absolute Gasteiger partial charge is 0.332 e. The van der Waals surface area contributed by atoms with Crippen LogP contribution in [0.15, 0.2) is 9.59 Å². The highest BCUT2D eigenvalue weighted by atomic mass is 16.5. The van der Waals surface area contributed by atoms with Gasteiger partial charge in [-0.3, -0.25) is 23.5 Å². The second-order valence-electron chi connectivity index (χ2n) is 9.97. The molecule has 10 nitrogen and oxygen atoms in total. The van der Waals surface area contributed by atoms with Crippen LogP contribution in [-0.4, -0.2) is 56.6 Å². The minimum absolute atomic E-state index is 0.00459. The molecule has 186 valence electrons. The van der Waals surface area contributed by atoms with Crippen molar-refractivity contribution in [3.8, 4) is 0 Å². The van der Waals surface area contributed by atoms with E-state index in [1.54, 1.807) is 11.6 Å². The van der Waals surface area contributed by atoms with E-state index >= 15 is 0 Å². The first kappa shape index (κ1) is 24.2. The summed E-state index contributed by atoms with van der Waals surface area (Å²) in [6.07, 6.45) is 5.88. The topological polar surface area (TPSA) is 119 Å². The number of amides is 1. The van der Waals surface area contributed by atoms with E-state index in [-0.39, 0.29) is 29.1 Å². The highest BCUT2D eigenvalue weighted by Crippen LogP contribution is 2.57. The maximum absolute atomic E-state index is 13.2. The number of H-pyrrole nitrogens is 1. The van der Waals surface area contributed by atoms with Gasteiger partial charge in [0.1, 0.15) is 17.9 Å². The van der Waals surface area contributed by atoms with Crippen LogP contribution in [0.1, 0.15) is 71.0 Å². The number of hydrogen-bond acceptors (Lipinski definition) is 6. The van der Waals surface area contributed by atoms with Gasteiger partial charge in [-0.1, -0.05) is 13.8 Å². The molecule has 2 aromatic heterocycles. The largest absolute Gasteiger partial charge is 0.468 e. The summed E-state index contributed by atoms with van der Waals surface area (Å²) in [6, 6.07) is 0. The molecule has 1 N–H and O–H groups in total. The molecule has 0 saturated heterocycles. The zero-order valence-electron chi connectivity index (χ0n) is 20.6. The fourth-order valence-electron chi connectivity index (χ4n) is 5.86. The molecule has 1 amide bonds. The van der Waals surface area contributed by atoms with Crippen molar-refractivity contribution in [2.75, 3.05) is 20.7 Å². The van der Waals surface area contributed by atoms with E-state index in [2.05, 4.69) is 4.98 Å². The Bertz CT molecular complexity index is 1200. The van der Waals surface area contributed by atoms with Crippen LogP contribution in [0.2, 0.25) is 0 Å². The third-order valence-electron chi connectivity index (χ3n) is 7.90. The number of methoxy groups -OCH3 is 1. The zero-order valence-corrected chi connectivity index (χ0v) is 20.6. The number of imidazole rings is 1. The summed E-state index contributed by atoms with van der Waals surface area (Å²) >= 11 is 0. The van der Waals surface area contributed by atoms with Crippen molar-refractivity contribution in [3.63, 3.8) is 0 Å². The standard InChI is InChI=1S/C24H35N5O5/c1-5-13-28-18-17(19(31)29(14-6-2)22(28)33)25-20(26-18)23-7-10-24(11-8-23,12-9-23)21(32)27(3)15-16(30)34-4/h5-15H2,1-4H3,(H,25,26). The maximum Gasteiger partial charge on any atom is 0.332 e. The van der Waals surface area contributed by atoms with Gasteiger partial charge in [0.15, 0.2) is 5.65 Å². The molecule has 2 bridgehead atoms. The van der Waals surface area contributed by atoms with Crippen LogP contribution >= 0.6 is 0 Å². The summed E-state index contributed by atoms with van der Waals surface area (Å²) in [4.78, 5) is 60.6. The van der Waals surface area contributed by atoms with Gasteiger partial charge in [-0.2, -0.15) is 0 Å². The van der Waals surface area contributed by atoms with Crippen LogP contribution < -0.4 is 11.2 Å². The molecule has 10 heteroatoms. The molecular formula is C24H35N5O5. The lowest BCUT2D eigenvalue weighted by atomic mass is 9.53. The minimum atomic E-state index is -0.464. The van der Waals surface area contributed by atoms with Crippen LogP contribution in [0, 0.1) is 5.41 Å². The number of ether oxygens (including phenoxy) is 1.